The summed E-state index contributed by atoms with van der Waals surface area (Å²) in [4.78, 5) is 10.4. The first-order chi connectivity index (χ1) is 7.56. The third-order valence-electron chi connectivity index (χ3n) is 1.64. The second kappa shape index (κ2) is 6.28. The standard InChI is InChI=1S/C7H15NO7S2/c1-15-6(3-7(9)10)4-8-17(13,14)5-16(2,11)12/h6,8H,3-5H2,1-2H3,(H,9,10). The number of rotatable bonds is 8. The fourth-order valence-corrected chi connectivity index (χ4v) is 4.00. The third kappa shape index (κ3) is 9.03. The first kappa shape index (κ1) is 16.3. The van der Waals surface area contributed by atoms with Crippen molar-refractivity contribution in [2.24, 2.45) is 0 Å². The van der Waals surface area contributed by atoms with Crippen molar-refractivity contribution >= 4 is 25.8 Å². The van der Waals surface area contributed by atoms with E-state index in [0.717, 1.165) is 6.26 Å². The molecule has 0 aliphatic carbocycles. The van der Waals surface area contributed by atoms with Crippen molar-refractivity contribution in [3.63, 3.8) is 0 Å². The molecule has 0 amide bonds. The lowest BCUT2D eigenvalue weighted by molar-refractivity contribution is -0.139. The monoisotopic (exact) mass is 289 g/mol. The predicted octanol–water partition coefficient (Wildman–Crippen LogP) is -1.60. The van der Waals surface area contributed by atoms with Gasteiger partial charge in [-0.25, -0.2) is 21.6 Å². The highest BCUT2D eigenvalue weighted by molar-refractivity contribution is 8.06. The zero-order chi connectivity index (χ0) is 13.7. The molecule has 0 aliphatic rings. The number of carbonyl (C=O) groups is 1. The van der Waals surface area contributed by atoms with E-state index in [9.17, 15) is 21.6 Å². The number of aliphatic carboxylic acids is 1. The van der Waals surface area contributed by atoms with Gasteiger partial charge in [-0.1, -0.05) is 0 Å². The Morgan fingerprint density at radius 2 is 1.88 bits per heavy atom. The van der Waals surface area contributed by atoms with Gasteiger partial charge < -0.3 is 9.84 Å². The Hall–Kier alpha value is -0.710. The van der Waals surface area contributed by atoms with Gasteiger partial charge in [0.05, 0.1) is 12.5 Å². The number of ether oxygens (including phenoxy) is 1. The molecular weight excluding hydrogens is 274 g/mol. The molecule has 17 heavy (non-hydrogen) atoms. The maximum Gasteiger partial charge on any atom is 0.306 e. The van der Waals surface area contributed by atoms with Gasteiger partial charge in [0.1, 0.15) is 0 Å². The molecule has 0 saturated carbocycles. The first-order valence-electron chi connectivity index (χ1n) is 4.45. The van der Waals surface area contributed by atoms with Crippen LogP contribution in [0.3, 0.4) is 0 Å². The van der Waals surface area contributed by atoms with E-state index in [1.165, 1.54) is 7.11 Å². The first-order valence-corrected chi connectivity index (χ1v) is 8.16. The normalized spacial score (nSPS) is 14.5. The molecule has 0 aliphatic heterocycles. The summed E-state index contributed by atoms with van der Waals surface area (Å²) in [6, 6.07) is 0. The van der Waals surface area contributed by atoms with Gasteiger partial charge in [0.2, 0.25) is 10.0 Å². The molecule has 0 radical (unpaired) electrons. The van der Waals surface area contributed by atoms with E-state index in [4.69, 9.17) is 9.84 Å². The molecule has 102 valence electrons. The molecule has 1 unspecified atom stereocenters. The minimum atomic E-state index is -3.99. The van der Waals surface area contributed by atoms with Crippen molar-refractivity contribution in [1.82, 2.24) is 4.72 Å². The van der Waals surface area contributed by atoms with Crippen molar-refractivity contribution in [3.05, 3.63) is 0 Å². The molecule has 1 atom stereocenters. The molecule has 0 aromatic rings. The Bertz CT molecular complexity index is 453. The average molecular weight is 289 g/mol. The zero-order valence-electron chi connectivity index (χ0n) is 9.41. The molecule has 2 N–H and O–H groups in total. The highest BCUT2D eigenvalue weighted by Crippen LogP contribution is 1.98. The largest absolute Gasteiger partial charge is 0.481 e. The van der Waals surface area contributed by atoms with Crippen LogP contribution in [0.1, 0.15) is 6.42 Å². The Morgan fingerprint density at radius 3 is 2.24 bits per heavy atom. The van der Waals surface area contributed by atoms with E-state index in [0.29, 0.717) is 0 Å². The summed E-state index contributed by atoms with van der Waals surface area (Å²) in [6.45, 7) is -0.291. The van der Waals surface area contributed by atoms with Crippen molar-refractivity contribution in [1.29, 1.82) is 0 Å². The zero-order valence-corrected chi connectivity index (χ0v) is 11.0. The minimum Gasteiger partial charge on any atom is -0.481 e. The smallest absolute Gasteiger partial charge is 0.306 e. The molecule has 0 aromatic carbocycles. The summed E-state index contributed by atoms with van der Waals surface area (Å²) < 4.78 is 50.8. The Kier molecular flexibility index (Phi) is 6.02. The SMILES string of the molecule is COC(CNS(=O)(=O)CS(C)(=O)=O)CC(=O)O. The number of sulfone groups is 1. The molecule has 0 spiro atoms. The fourth-order valence-electron chi connectivity index (χ4n) is 0.977. The van der Waals surface area contributed by atoms with Gasteiger partial charge in [-0.2, -0.15) is 0 Å². The summed E-state index contributed by atoms with van der Waals surface area (Å²) in [5.41, 5.74) is 0. The van der Waals surface area contributed by atoms with Crippen LogP contribution in [0.4, 0.5) is 0 Å². The number of carboxylic acid groups (broad SMARTS) is 1. The molecular formula is C7H15NO7S2. The topological polar surface area (TPSA) is 127 Å². The molecule has 0 aromatic heterocycles. The van der Waals surface area contributed by atoms with Gasteiger partial charge in [0.25, 0.3) is 0 Å². The van der Waals surface area contributed by atoms with Crippen molar-refractivity contribution in [2.45, 2.75) is 12.5 Å². The van der Waals surface area contributed by atoms with Gasteiger partial charge in [-0.05, 0) is 0 Å². The summed E-state index contributed by atoms with van der Waals surface area (Å²) in [5.74, 6) is -1.14. The quantitative estimate of drug-likeness (QED) is 0.550. The van der Waals surface area contributed by atoms with Crippen LogP contribution in [-0.4, -0.2) is 59.0 Å². The summed E-state index contributed by atoms with van der Waals surface area (Å²) >= 11 is 0. The van der Waals surface area contributed by atoms with Crippen LogP contribution in [0.5, 0.6) is 0 Å². The molecule has 0 fully saturated rings. The average Bonchev–Trinajstić information content (AvgIpc) is 2.07. The van der Waals surface area contributed by atoms with E-state index in [1.807, 2.05) is 4.72 Å². The summed E-state index contributed by atoms with van der Waals surface area (Å²) in [7, 11) is -6.42. The highest BCUT2D eigenvalue weighted by Gasteiger charge is 2.20. The second-order valence-electron chi connectivity index (χ2n) is 3.46. The maximum absolute atomic E-state index is 11.3. The van der Waals surface area contributed by atoms with Crippen molar-refractivity contribution in [3.8, 4) is 0 Å². The van der Waals surface area contributed by atoms with Crippen LogP contribution in [0, 0.1) is 0 Å². The van der Waals surface area contributed by atoms with Crippen LogP contribution in [0.15, 0.2) is 0 Å². The number of nitrogens with one attached hydrogen (secondary N) is 1. The Labute approximate surface area is 99.9 Å². The lowest BCUT2D eigenvalue weighted by atomic mass is 10.2. The van der Waals surface area contributed by atoms with E-state index in [-0.39, 0.29) is 13.0 Å². The van der Waals surface area contributed by atoms with Gasteiger partial charge in [-0.3, -0.25) is 4.79 Å². The lowest BCUT2D eigenvalue weighted by Gasteiger charge is -2.13. The van der Waals surface area contributed by atoms with Crippen LogP contribution in [-0.2, 0) is 29.4 Å². The van der Waals surface area contributed by atoms with E-state index in [2.05, 4.69) is 0 Å². The van der Waals surface area contributed by atoms with Gasteiger partial charge in [0, 0.05) is 19.9 Å². The van der Waals surface area contributed by atoms with Crippen LogP contribution >= 0.6 is 0 Å². The lowest BCUT2D eigenvalue weighted by Crippen LogP contribution is -2.37. The van der Waals surface area contributed by atoms with Crippen molar-refractivity contribution in [2.75, 3.05) is 25.0 Å². The Balaban J connectivity index is 4.39. The van der Waals surface area contributed by atoms with Gasteiger partial charge in [-0.15, -0.1) is 0 Å². The van der Waals surface area contributed by atoms with Crippen LogP contribution in [0.2, 0.25) is 0 Å². The van der Waals surface area contributed by atoms with Crippen LogP contribution < -0.4 is 4.72 Å². The molecule has 8 nitrogen and oxygen atoms in total. The number of sulfonamides is 1. The molecule has 10 heteroatoms. The second-order valence-corrected chi connectivity index (χ2v) is 7.77. The Morgan fingerprint density at radius 1 is 1.35 bits per heavy atom. The van der Waals surface area contributed by atoms with Gasteiger partial charge in [0.15, 0.2) is 14.9 Å². The van der Waals surface area contributed by atoms with E-state index < -0.39 is 37.0 Å². The molecule has 0 bridgehead atoms. The van der Waals surface area contributed by atoms with E-state index in [1.54, 1.807) is 0 Å². The highest BCUT2D eigenvalue weighted by atomic mass is 32.3. The van der Waals surface area contributed by atoms with E-state index >= 15 is 0 Å². The molecule has 0 heterocycles. The maximum atomic E-state index is 11.3. The summed E-state index contributed by atoms with van der Waals surface area (Å²) in [5, 5.41) is 7.44. The predicted molar refractivity (Wildman–Crippen MR) is 59.7 cm³/mol. The van der Waals surface area contributed by atoms with Gasteiger partial charge >= 0.3 is 5.97 Å². The molecule has 0 saturated heterocycles. The number of hydrogen-bond acceptors (Lipinski definition) is 6. The fraction of sp³-hybridized carbons (Fsp3) is 0.857. The molecule has 0 rings (SSSR count). The third-order valence-corrected chi connectivity index (χ3v) is 5.20. The number of hydrogen-bond donors (Lipinski definition) is 2. The minimum absolute atomic E-state index is 0.291. The van der Waals surface area contributed by atoms with Crippen LogP contribution in [0.25, 0.3) is 0 Å². The summed E-state index contributed by atoms with van der Waals surface area (Å²) in [6.07, 6.45) is -0.434. The number of carboxylic acids is 1. The number of methoxy groups -OCH3 is 1. The van der Waals surface area contributed by atoms with Crippen molar-refractivity contribution < 1.29 is 31.5 Å².